The van der Waals surface area contributed by atoms with Gasteiger partial charge < -0.3 is 1.43 Å². The van der Waals surface area contributed by atoms with Gasteiger partial charge in [-0.1, -0.05) is 6.58 Å². The molecule has 0 saturated carbocycles. The number of carbonyl (C=O) groups excluding carboxylic acids is 1. The van der Waals surface area contributed by atoms with E-state index in [2.05, 4.69) is 6.58 Å². The number of rotatable bonds is 1. The van der Waals surface area contributed by atoms with Crippen LogP contribution in [0.25, 0.3) is 0 Å². The molecule has 0 radical (unpaired) electrons. The molecule has 2 N–H and O–H groups in total. The Morgan fingerprint density at radius 2 is 1.67 bits per heavy atom. The SMILES string of the molecule is C=CC=O.O=S(O)O.[H-].[Na+]. The quantitative estimate of drug-likeness (QED) is 0.188. The minimum atomic E-state index is -2.61. The zero-order chi connectivity index (χ0) is 6.99. The van der Waals surface area contributed by atoms with Crippen LogP contribution >= 0.6 is 0 Å². The van der Waals surface area contributed by atoms with Gasteiger partial charge in [0.15, 0.2) is 0 Å². The van der Waals surface area contributed by atoms with E-state index >= 15 is 0 Å². The van der Waals surface area contributed by atoms with E-state index in [0.717, 1.165) is 0 Å². The Balaban J connectivity index is -0.0000000300. The van der Waals surface area contributed by atoms with Crippen LogP contribution < -0.4 is 29.6 Å². The first-order chi connectivity index (χ1) is 3.65. The summed E-state index contributed by atoms with van der Waals surface area (Å²) < 4.78 is 22.8. The Hall–Kier alpha value is 0.480. The Labute approximate surface area is 79.2 Å². The molecule has 0 saturated heterocycles. The van der Waals surface area contributed by atoms with Gasteiger partial charge in [0.2, 0.25) is 0 Å². The molecule has 0 atom stereocenters. The molecule has 0 aliphatic carbocycles. The fraction of sp³-hybridized carbons (Fsp3) is 0. The zero-order valence-electron chi connectivity index (χ0n) is 5.98. The fourth-order valence-electron chi connectivity index (χ4n) is 0. The maximum absolute atomic E-state index is 9.06. The molecule has 0 amide bonds. The molecule has 0 spiro atoms. The van der Waals surface area contributed by atoms with Crippen molar-refractivity contribution in [2.24, 2.45) is 0 Å². The summed E-state index contributed by atoms with van der Waals surface area (Å²) in [6.45, 7) is 3.11. The summed E-state index contributed by atoms with van der Waals surface area (Å²) >= 11 is -2.61. The normalized spacial score (nSPS) is 6.11. The van der Waals surface area contributed by atoms with Crippen molar-refractivity contribution >= 4 is 17.6 Å². The molecule has 0 aromatic carbocycles. The molecular weight excluding hydrogens is 155 g/mol. The van der Waals surface area contributed by atoms with Gasteiger partial charge in [-0.15, -0.1) is 0 Å². The van der Waals surface area contributed by atoms with Gasteiger partial charge in [0, 0.05) is 0 Å². The number of allylic oxidation sites excluding steroid dienone is 1. The van der Waals surface area contributed by atoms with E-state index in [-0.39, 0.29) is 31.0 Å². The molecule has 0 aliphatic heterocycles. The van der Waals surface area contributed by atoms with Gasteiger partial charge in [-0.3, -0.25) is 13.9 Å². The van der Waals surface area contributed by atoms with E-state index in [4.69, 9.17) is 18.1 Å². The summed E-state index contributed by atoms with van der Waals surface area (Å²) in [5.74, 6) is 0. The van der Waals surface area contributed by atoms with Gasteiger partial charge in [-0.25, -0.2) is 0 Å². The number of hydrogen-bond donors (Lipinski definition) is 2. The zero-order valence-corrected chi connectivity index (χ0v) is 7.80. The first kappa shape index (κ1) is 16.2. The smallest absolute Gasteiger partial charge is 1.00 e. The van der Waals surface area contributed by atoms with Gasteiger partial charge in [-0.2, -0.15) is 4.21 Å². The molecule has 0 unspecified atom stereocenters. The molecule has 4 nitrogen and oxygen atoms in total. The van der Waals surface area contributed by atoms with Crippen molar-refractivity contribution in [3.05, 3.63) is 12.7 Å². The van der Waals surface area contributed by atoms with Crippen LogP contribution in [0.1, 0.15) is 1.43 Å². The van der Waals surface area contributed by atoms with Crippen molar-refractivity contribution in [3.63, 3.8) is 0 Å². The molecule has 0 aromatic heterocycles. The first-order valence-electron chi connectivity index (χ1n) is 1.51. The average molecular weight is 162 g/mol. The van der Waals surface area contributed by atoms with Crippen LogP contribution in [0, 0.1) is 0 Å². The predicted molar refractivity (Wildman–Crippen MR) is 30.8 cm³/mol. The second-order valence-electron chi connectivity index (χ2n) is 0.603. The fourth-order valence-corrected chi connectivity index (χ4v) is 0. The molecule has 50 valence electrons. The van der Waals surface area contributed by atoms with Gasteiger partial charge in [0.05, 0.1) is 0 Å². The van der Waals surface area contributed by atoms with E-state index in [1.165, 1.54) is 6.08 Å². The summed E-state index contributed by atoms with van der Waals surface area (Å²) in [5.41, 5.74) is 0. The van der Waals surface area contributed by atoms with E-state index in [1.807, 2.05) is 0 Å². The molecule has 0 aromatic rings. The van der Waals surface area contributed by atoms with Crippen LogP contribution in [0.4, 0.5) is 0 Å². The van der Waals surface area contributed by atoms with Crippen LogP contribution in [0.3, 0.4) is 0 Å². The monoisotopic (exact) mass is 162 g/mol. The Bertz CT molecular complexity index is 88.5. The van der Waals surface area contributed by atoms with Crippen molar-refractivity contribution < 1.29 is 49.1 Å². The first-order valence-corrected chi connectivity index (χ1v) is 2.57. The standard InChI is InChI=1S/C3H4O.Na.H2O3S.H/c1-2-3-4;;1-4(2)3;/h2-3H,1H2;;(H2,1,2,3);/q;+1;;-1. The van der Waals surface area contributed by atoms with Crippen molar-refractivity contribution in [3.8, 4) is 0 Å². The van der Waals surface area contributed by atoms with E-state index in [9.17, 15) is 0 Å². The molecule has 0 heterocycles. The van der Waals surface area contributed by atoms with Crippen molar-refractivity contribution in [2.75, 3.05) is 0 Å². The van der Waals surface area contributed by atoms with Gasteiger partial charge in [-0.05, 0) is 6.08 Å². The van der Waals surface area contributed by atoms with Crippen LogP contribution in [-0.4, -0.2) is 19.6 Å². The molecule has 0 aliphatic rings. The van der Waals surface area contributed by atoms with Gasteiger partial charge in [0.1, 0.15) is 6.29 Å². The minimum absolute atomic E-state index is 0. The predicted octanol–water partition coefficient (Wildman–Crippen LogP) is -2.83. The molecular formula is C3H7NaO4S. The van der Waals surface area contributed by atoms with Crippen LogP contribution in [-0.2, 0) is 16.2 Å². The summed E-state index contributed by atoms with van der Waals surface area (Å²) in [6.07, 6.45) is 1.83. The van der Waals surface area contributed by atoms with Gasteiger partial charge in [0.25, 0.3) is 11.4 Å². The topological polar surface area (TPSA) is 74.6 Å². The maximum atomic E-state index is 9.06. The van der Waals surface area contributed by atoms with E-state index < -0.39 is 11.4 Å². The second-order valence-corrected chi connectivity index (χ2v) is 1.06. The van der Waals surface area contributed by atoms with Crippen molar-refractivity contribution in [1.82, 2.24) is 0 Å². The Morgan fingerprint density at radius 1 is 1.56 bits per heavy atom. The van der Waals surface area contributed by atoms with E-state index in [0.29, 0.717) is 6.29 Å². The maximum Gasteiger partial charge on any atom is 1.00 e. The second kappa shape index (κ2) is 15.8. The van der Waals surface area contributed by atoms with Crippen LogP contribution in [0.5, 0.6) is 0 Å². The molecule has 0 bridgehead atoms. The third-order valence-corrected chi connectivity index (χ3v) is 0.0962. The Morgan fingerprint density at radius 3 is 1.67 bits per heavy atom. The van der Waals surface area contributed by atoms with E-state index in [1.54, 1.807) is 0 Å². The van der Waals surface area contributed by atoms with Crippen LogP contribution in [0.15, 0.2) is 12.7 Å². The molecule has 0 rings (SSSR count). The number of hydrogen-bond acceptors (Lipinski definition) is 2. The van der Waals surface area contributed by atoms with Crippen LogP contribution in [0.2, 0.25) is 0 Å². The summed E-state index contributed by atoms with van der Waals surface area (Å²) in [5, 5.41) is 0. The largest absolute Gasteiger partial charge is 1.00 e. The Kier molecular flexibility index (Phi) is 28.5. The third-order valence-electron chi connectivity index (χ3n) is 0.0962. The number of aldehydes is 1. The van der Waals surface area contributed by atoms with Crippen molar-refractivity contribution in [2.45, 2.75) is 0 Å². The number of carbonyl (C=O) groups is 1. The average Bonchev–Trinajstić information content (AvgIpc) is 1.65. The third kappa shape index (κ3) is 163. The summed E-state index contributed by atoms with van der Waals surface area (Å²) in [6, 6.07) is 0. The molecule has 6 heteroatoms. The molecule has 9 heavy (non-hydrogen) atoms. The summed E-state index contributed by atoms with van der Waals surface area (Å²) in [7, 11) is 0. The molecule has 0 fully saturated rings. The van der Waals surface area contributed by atoms with Crippen molar-refractivity contribution in [1.29, 1.82) is 0 Å². The minimum Gasteiger partial charge on any atom is -1.00 e. The van der Waals surface area contributed by atoms with Gasteiger partial charge >= 0.3 is 29.6 Å². The summed E-state index contributed by atoms with van der Waals surface area (Å²) in [4.78, 5) is 9.06.